The van der Waals surface area contributed by atoms with Crippen LogP contribution in [0, 0.1) is 18.3 Å². The lowest BCUT2D eigenvalue weighted by molar-refractivity contribution is 0.419. The Bertz CT molecular complexity index is 520. The molecule has 0 bridgehead atoms. The predicted molar refractivity (Wildman–Crippen MR) is 54.3 cm³/mol. The summed E-state index contributed by atoms with van der Waals surface area (Å²) in [5, 5.41) is 9.78. The first-order valence-corrected chi connectivity index (χ1v) is 4.32. The highest BCUT2D eigenvalue weighted by Gasteiger charge is 2.10. The van der Waals surface area contributed by atoms with Crippen molar-refractivity contribution in [1.29, 1.82) is 5.26 Å². The first-order chi connectivity index (χ1) is 6.77. The van der Waals surface area contributed by atoms with Gasteiger partial charge in [0.2, 0.25) is 0 Å². The van der Waals surface area contributed by atoms with Gasteiger partial charge in [0.1, 0.15) is 11.8 Å². The molecule has 0 fully saturated rings. The second kappa shape index (κ2) is 3.08. The number of aryl methyl sites for hydroxylation is 1. The van der Waals surface area contributed by atoms with Crippen molar-refractivity contribution in [1.82, 2.24) is 4.98 Å². The standard InChI is InChI=1S/C11H10N2O/c1-7-3-4-9(14-2)10-8(5-12)6-13-11(7)10/h3-4,6,13H,1-2H3. The molecule has 0 spiro atoms. The van der Waals surface area contributed by atoms with Crippen molar-refractivity contribution in [3.8, 4) is 11.8 Å². The molecule has 0 unspecified atom stereocenters. The SMILES string of the molecule is COc1ccc(C)c2[nH]cc(C#N)c12. The van der Waals surface area contributed by atoms with E-state index in [0.29, 0.717) is 5.56 Å². The molecule has 0 saturated carbocycles. The normalized spacial score (nSPS) is 10.1. The number of ether oxygens (including phenoxy) is 1. The van der Waals surface area contributed by atoms with Crippen molar-refractivity contribution in [2.24, 2.45) is 0 Å². The summed E-state index contributed by atoms with van der Waals surface area (Å²) in [7, 11) is 1.61. The van der Waals surface area contributed by atoms with E-state index in [-0.39, 0.29) is 0 Å². The third-order valence-corrected chi connectivity index (χ3v) is 2.35. The number of aromatic nitrogens is 1. The molecule has 1 N–H and O–H groups in total. The van der Waals surface area contributed by atoms with Gasteiger partial charge >= 0.3 is 0 Å². The number of rotatable bonds is 1. The van der Waals surface area contributed by atoms with Crippen molar-refractivity contribution in [3.63, 3.8) is 0 Å². The minimum atomic E-state index is 0.626. The fourth-order valence-electron chi connectivity index (χ4n) is 1.62. The maximum absolute atomic E-state index is 8.91. The summed E-state index contributed by atoms with van der Waals surface area (Å²) in [6.07, 6.45) is 1.71. The average Bonchev–Trinajstić information content (AvgIpc) is 2.63. The smallest absolute Gasteiger partial charge is 0.129 e. The van der Waals surface area contributed by atoms with Crippen molar-refractivity contribution in [2.45, 2.75) is 6.92 Å². The number of H-pyrrole nitrogens is 1. The maximum atomic E-state index is 8.91. The van der Waals surface area contributed by atoms with Crippen molar-refractivity contribution in [2.75, 3.05) is 7.11 Å². The Morgan fingerprint density at radius 2 is 2.21 bits per heavy atom. The third-order valence-electron chi connectivity index (χ3n) is 2.35. The van der Waals surface area contributed by atoms with Gasteiger partial charge in [-0.1, -0.05) is 6.07 Å². The highest BCUT2D eigenvalue weighted by Crippen LogP contribution is 2.30. The highest BCUT2D eigenvalue weighted by atomic mass is 16.5. The molecule has 1 aromatic heterocycles. The molecule has 0 aliphatic carbocycles. The number of nitrogens with one attached hydrogen (secondary N) is 1. The number of methoxy groups -OCH3 is 1. The van der Waals surface area contributed by atoms with Gasteiger partial charge in [-0.2, -0.15) is 5.26 Å². The summed E-state index contributed by atoms with van der Waals surface area (Å²) in [5.41, 5.74) is 2.71. The molecule has 0 radical (unpaired) electrons. The van der Waals surface area contributed by atoms with Crippen molar-refractivity contribution < 1.29 is 4.74 Å². The number of fused-ring (bicyclic) bond motifs is 1. The number of nitrogens with zero attached hydrogens (tertiary/aromatic N) is 1. The van der Waals surface area contributed by atoms with Crippen LogP contribution in [0.5, 0.6) is 5.75 Å². The van der Waals surface area contributed by atoms with Crippen LogP contribution in [0.15, 0.2) is 18.3 Å². The second-order valence-electron chi connectivity index (χ2n) is 3.15. The lowest BCUT2D eigenvalue weighted by Gasteiger charge is -2.03. The van der Waals surface area contributed by atoms with Crippen LogP contribution < -0.4 is 4.74 Å². The quantitative estimate of drug-likeness (QED) is 0.743. The predicted octanol–water partition coefficient (Wildman–Crippen LogP) is 2.36. The van der Waals surface area contributed by atoms with Crippen molar-refractivity contribution >= 4 is 10.9 Å². The molecule has 3 nitrogen and oxygen atoms in total. The molecule has 2 rings (SSSR count). The van der Waals surface area contributed by atoms with Crippen LogP contribution in [-0.2, 0) is 0 Å². The van der Waals surface area contributed by atoms with E-state index in [9.17, 15) is 0 Å². The highest BCUT2D eigenvalue weighted by molar-refractivity contribution is 5.93. The second-order valence-corrected chi connectivity index (χ2v) is 3.15. The molecule has 0 aliphatic rings. The number of aromatic amines is 1. The minimum Gasteiger partial charge on any atom is -0.496 e. The maximum Gasteiger partial charge on any atom is 0.129 e. The van der Waals surface area contributed by atoms with Gasteiger partial charge in [-0.05, 0) is 18.6 Å². The molecule has 2 aromatic rings. The molecule has 14 heavy (non-hydrogen) atoms. The van der Waals surface area contributed by atoms with Gasteiger partial charge in [-0.15, -0.1) is 0 Å². The van der Waals surface area contributed by atoms with Crippen LogP contribution in [0.3, 0.4) is 0 Å². The van der Waals surface area contributed by atoms with Crippen molar-refractivity contribution in [3.05, 3.63) is 29.5 Å². The zero-order valence-electron chi connectivity index (χ0n) is 8.09. The summed E-state index contributed by atoms with van der Waals surface area (Å²) >= 11 is 0. The Kier molecular flexibility index (Phi) is 1.90. The van der Waals surface area contributed by atoms with E-state index >= 15 is 0 Å². The average molecular weight is 186 g/mol. The fourth-order valence-corrected chi connectivity index (χ4v) is 1.62. The monoisotopic (exact) mass is 186 g/mol. The van der Waals surface area contributed by atoms with Gasteiger partial charge in [-0.25, -0.2) is 0 Å². The van der Waals surface area contributed by atoms with E-state index in [1.807, 2.05) is 19.1 Å². The van der Waals surface area contributed by atoms with Crippen LogP contribution in [0.1, 0.15) is 11.1 Å². The van der Waals surface area contributed by atoms with Gasteiger partial charge in [0.25, 0.3) is 0 Å². The zero-order chi connectivity index (χ0) is 10.1. The lowest BCUT2D eigenvalue weighted by atomic mass is 10.1. The van der Waals surface area contributed by atoms with Crippen LogP contribution in [0.2, 0.25) is 0 Å². The van der Waals surface area contributed by atoms with Crippen LogP contribution in [0.25, 0.3) is 10.9 Å². The molecule has 0 saturated heterocycles. The largest absolute Gasteiger partial charge is 0.496 e. The van der Waals surface area contributed by atoms with Crippen LogP contribution >= 0.6 is 0 Å². The van der Waals surface area contributed by atoms with E-state index in [0.717, 1.165) is 22.2 Å². The van der Waals surface area contributed by atoms with Gasteiger partial charge in [0.15, 0.2) is 0 Å². The topological polar surface area (TPSA) is 48.8 Å². The van der Waals surface area contributed by atoms with E-state index < -0.39 is 0 Å². The molecule has 1 aromatic carbocycles. The first kappa shape index (κ1) is 8.64. The van der Waals surface area contributed by atoms with E-state index in [2.05, 4.69) is 11.1 Å². The zero-order valence-corrected chi connectivity index (χ0v) is 8.09. The molecule has 3 heteroatoms. The molecule has 0 atom stereocenters. The van der Waals surface area contributed by atoms with Gasteiger partial charge < -0.3 is 9.72 Å². The summed E-state index contributed by atoms with van der Waals surface area (Å²) in [5.74, 6) is 0.739. The fraction of sp³-hybridized carbons (Fsp3) is 0.182. The third kappa shape index (κ3) is 1.05. The Labute approximate surface area is 81.9 Å². The van der Waals surface area contributed by atoms with Gasteiger partial charge in [-0.3, -0.25) is 0 Å². The van der Waals surface area contributed by atoms with Gasteiger partial charge in [0.05, 0.1) is 23.6 Å². The molecule has 0 aliphatic heterocycles. The Morgan fingerprint density at radius 1 is 1.43 bits per heavy atom. The lowest BCUT2D eigenvalue weighted by Crippen LogP contribution is -1.86. The summed E-state index contributed by atoms with van der Waals surface area (Å²) in [6.45, 7) is 2.00. The summed E-state index contributed by atoms with van der Waals surface area (Å²) in [4.78, 5) is 3.08. The molecule has 70 valence electrons. The number of nitriles is 1. The minimum absolute atomic E-state index is 0.626. The molecular weight excluding hydrogens is 176 g/mol. The Morgan fingerprint density at radius 3 is 2.86 bits per heavy atom. The molecule has 1 heterocycles. The van der Waals surface area contributed by atoms with E-state index in [4.69, 9.17) is 10.00 Å². The summed E-state index contributed by atoms with van der Waals surface area (Å²) < 4.78 is 5.21. The Hall–Kier alpha value is -1.95. The summed E-state index contributed by atoms with van der Waals surface area (Å²) in [6, 6.07) is 5.99. The number of hydrogen-bond acceptors (Lipinski definition) is 2. The molecular formula is C11H10N2O. The first-order valence-electron chi connectivity index (χ1n) is 4.32. The van der Waals surface area contributed by atoms with Gasteiger partial charge in [0, 0.05) is 6.20 Å². The van der Waals surface area contributed by atoms with E-state index in [1.54, 1.807) is 13.3 Å². The van der Waals surface area contributed by atoms with E-state index in [1.165, 1.54) is 0 Å². The molecule has 0 amide bonds. The van der Waals surface area contributed by atoms with Crippen LogP contribution in [0.4, 0.5) is 0 Å². The number of benzene rings is 1. The Balaban J connectivity index is 2.90. The number of hydrogen-bond donors (Lipinski definition) is 1. The van der Waals surface area contributed by atoms with Crippen LogP contribution in [-0.4, -0.2) is 12.1 Å².